The molecule has 34 heavy (non-hydrogen) atoms. The second-order valence-electron chi connectivity index (χ2n) is 8.62. The van der Waals surface area contributed by atoms with Crippen molar-refractivity contribution >= 4 is 23.1 Å². The molecule has 9 nitrogen and oxygen atoms in total. The minimum atomic E-state index is -0.930. The molecule has 2 aromatic rings. The van der Waals surface area contributed by atoms with Gasteiger partial charge in [-0.1, -0.05) is 29.8 Å². The number of hydrogen-bond donors (Lipinski definition) is 1. The summed E-state index contributed by atoms with van der Waals surface area (Å²) >= 11 is 0. The molecule has 0 aromatic heterocycles. The monoisotopic (exact) mass is 465 g/mol. The van der Waals surface area contributed by atoms with Crippen LogP contribution in [0.1, 0.15) is 28.3 Å². The third kappa shape index (κ3) is 4.57. The van der Waals surface area contributed by atoms with Crippen molar-refractivity contribution in [3.8, 4) is 0 Å². The van der Waals surface area contributed by atoms with Gasteiger partial charge >= 0.3 is 0 Å². The number of benzene rings is 2. The average Bonchev–Trinajstić information content (AvgIpc) is 3.09. The lowest BCUT2D eigenvalue weighted by atomic mass is 9.93. The van der Waals surface area contributed by atoms with E-state index >= 15 is 0 Å². The molecule has 9 heteroatoms. The molecule has 178 valence electrons. The number of aliphatic hydroxyl groups is 1. The van der Waals surface area contributed by atoms with Crippen LogP contribution in [0, 0.1) is 24.0 Å². The van der Waals surface area contributed by atoms with Gasteiger partial charge in [0.25, 0.3) is 17.4 Å². The van der Waals surface area contributed by atoms with Crippen LogP contribution in [0.4, 0.5) is 5.69 Å². The topological polar surface area (TPSA) is 113 Å². The van der Waals surface area contributed by atoms with Crippen LogP contribution in [-0.4, -0.2) is 70.9 Å². The summed E-state index contributed by atoms with van der Waals surface area (Å²) in [5, 5.41) is 22.7. The summed E-state index contributed by atoms with van der Waals surface area (Å²) < 4.78 is 5.37. The fourth-order valence-electron chi connectivity index (χ4n) is 4.48. The lowest BCUT2D eigenvalue weighted by Crippen LogP contribution is -2.42. The standard InChI is InChI=1S/C25H27N3O6/c1-16-6-7-17(2)20(14-16)23(29)21-22(18-4-3-5-19(15-18)28(32)33)27(25(31)24(21)30)9-8-26-10-12-34-13-11-26/h3-7,14-15,22,29H,8-13H2,1-2H3/b23-21+. The van der Waals surface area contributed by atoms with E-state index in [-0.39, 0.29) is 23.6 Å². The fourth-order valence-corrected chi connectivity index (χ4v) is 4.48. The molecule has 0 saturated carbocycles. The van der Waals surface area contributed by atoms with E-state index in [9.17, 15) is 24.8 Å². The van der Waals surface area contributed by atoms with E-state index in [1.54, 1.807) is 12.1 Å². The summed E-state index contributed by atoms with van der Waals surface area (Å²) in [7, 11) is 0. The second-order valence-corrected chi connectivity index (χ2v) is 8.62. The highest BCUT2D eigenvalue weighted by Gasteiger charge is 2.46. The molecular weight excluding hydrogens is 438 g/mol. The van der Waals surface area contributed by atoms with E-state index in [1.807, 2.05) is 26.0 Å². The molecule has 1 N–H and O–H groups in total. The normalized spacial score (nSPS) is 20.6. The summed E-state index contributed by atoms with van der Waals surface area (Å²) in [5.74, 6) is -1.79. The van der Waals surface area contributed by atoms with Crippen LogP contribution in [0.3, 0.4) is 0 Å². The Morgan fingerprint density at radius 1 is 1.12 bits per heavy atom. The summed E-state index contributed by atoms with van der Waals surface area (Å²) in [6.07, 6.45) is 0. The Hall–Kier alpha value is -3.56. The van der Waals surface area contributed by atoms with Gasteiger partial charge in [-0.2, -0.15) is 0 Å². The number of ketones is 1. The number of amides is 1. The number of non-ortho nitro benzene ring substituents is 1. The van der Waals surface area contributed by atoms with Gasteiger partial charge in [-0.15, -0.1) is 0 Å². The first-order valence-corrected chi connectivity index (χ1v) is 11.2. The van der Waals surface area contributed by atoms with E-state index in [0.717, 1.165) is 11.1 Å². The number of aliphatic hydroxyl groups excluding tert-OH is 1. The lowest BCUT2D eigenvalue weighted by molar-refractivity contribution is -0.384. The third-order valence-electron chi connectivity index (χ3n) is 6.35. The Labute approximate surface area is 197 Å². The number of rotatable bonds is 6. The van der Waals surface area contributed by atoms with Gasteiger partial charge < -0.3 is 14.7 Å². The molecule has 2 saturated heterocycles. The van der Waals surface area contributed by atoms with Crippen molar-refractivity contribution in [2.24, 2.45) is 0 Å². The van der Waals surface area contributed by atoms with Crippen molar-refractivity contribution in [3.05, 3.63) is 80.4 Å². The number of carbonyl (C=O) groups excluding carboxylic acids is 2. The number of likely N-dealkylation sites (tertiary alicyclic amines) is 1. The van der Waals surface area contributed by atoms with E-state index in [0.29, 0.717) is 44.0 Å². The number of morpholine rings is 1. The number of nitro benzene ring substituents is 1. The molecule has 2 aliphatic heterocycles. The highest BCUT2D eigenvalue weighted by Crippen LogP contribution is 2.40. The van der Waals surface area contributed by atoms with Crippen molar-refractivity contribution in [2.75, 3.05) is 39.4 Å². The van der Waals surface area contributed by atoms with Gasteiger partial charge in [0.05, 0.1) is 29.8 Å². The Kier molecular flexibility index (Phi) is 6.76. The molecule has 2 aromatic carbocycles. The predicted molar refractivity (Wildman–Crippen MR) is 125 cm³/mol. The zero-order valence-electron chi connectivity index (χ0n) is 19.2. The quantitative estimate of drug-likeness (QED) is 0.229. The van der Waals surface area contributed by atoms with Gasteiger partial charge in [-0.25, -0.2) is 0 Å². The molecule has 2 fully saturated rings. The number of hydrogen-bond acceptors (Lipinski definition) is 7. The van der Waals surface area contributed by atoms with Crippen LogP contribution in [0.25, 0.3) is 5.76 Å². The van der Waals surface area contributed by atoms with Crippen molar-refractivity contribution < 1.29 is 24.4 Å². The van der Waals surface area contributed by atoms with Gasteiger partial charge in [-0.3, -0.25) is 24.6 Å². The van der Waals surface area contributed by atoms with E-state index in [4.69, 9.17) is 4.74 Å². The van der Waals surface area contributed by atoms with Gasteiger partial charge in [0.15, 0.2) is 0 Å². The molecule has 4 rings (SSSR count). The van der Waals surface area contributed by atoms with Crippen LogP contribution < -0.4 is 0 Å². The number of Topliss-reactive ketones (excluding diaryl/α,β-unsaturated/α-hetero) is 1. The Bertz CT molecular complexity index is 1170. The molecule has 1 unspecified atom stereocenters. The molecule has 0 aliphatic carbocycles. The number of carbonyl (C=O) groups is 2. The van der Waals surface area contributed by atoms with Crippen molar-refractivity contribution in [3.63, 3.8) is 0 Å². The van der Waals surface area contributed by atoms with Crippen molar-refractivity contribution in [1.29, 1.82) is 0 Å². The van der Waals surface area contributed by atoms with E-state index < -0.39 is 22.7 Å². The Morgan fingerprint density at radius 2 is 1.85 bits per heavy atom. The van der Waals surface area contributed by atoms with Gasteiger partial charge in [0.1, 0.15) is 5.76 Å². The Morgan fingerprint density at radius 3 is 2.56 bits per heavy atom. The molecule has 2 heterocycles. The second kappa shape index (κ2) is 9.74. The van der Waals surface area contributed by atoms with Crippen LogP contribution >= 0.6 is 0 Å². The average molecular weight is 466 g/mol. The Balaban J connectivity index is 1.81. The highest BCUT2D eigenvalue weighted by atomic mass is 16.6. The van der Waals surface area contributed by atoms with Crippen LogP contribution in [-0.2, 0) is 14.3 Å². The summed E-state index contributed by atoms with van der Waals surface area (Å²) in [4.78, 5) is 40.8. The molecule has 0 bridgehead atoms. The van der Waals surface area contributed by atoms with E-state index in [2.05, 4.69) is 4.90 Å². The molecule has 0 radical (unpaired) electrons. The first kappa shape index (κ1) is 23.6. The largest absolute Gasteiger partial charge is 0.507 e. The zero-order valence-corrected chi connectivity index (χ0v) is 19.2. The van der Waals surface area contributed by atoms with Crippen LogP contribution in [0.2, 0.25) is 0 Å². The molecule has 0 spiro atoms. The van der Waals surface area contributed by atoms with Gasteiger partial charge in [0.2, 0.25) is 0 Å². The smallest absolute Gasteiger partial charge is 0.295 e. The zero-order chi connectivity index (χ0) is 24.4. The maximum absolute atomic E-state index is 13.2. The maximum atomic E-state index is 13.2. The van der Waals surface area contributed by atoms with Gasteiger partial charge in [0, 0.05) is 43.9 Å². The van der Waals surface area contributed by atoms with Gasteiger partial charge in [-0.05, 0) is 31.0 Å². The number of ether oxygens (including phenoxy) is 1. The SMILES string of the molecule is Cc1ccc(C)c(/C(O)=C2\C(=O)C(=O)N(CCN3CCOCC3)C2c2cccc([N+](=O)[O-])c2)c1. The first-order chi connectivity index (χ1) is 16.3. The molecular formula is C25H27N3O6. The first-order valence-electron chi connectivity index (χ1n) is 11.2. The van der Waals surface area contributed by atoms with Crippen molar-refractivity contribution in [2.45, 2.75) is 19.9 Å². The molecule has 1 amide bonds. The fraction of sp³-hybridized carbons (Fsp3) is 0.360. The summed E-state index contributed by atoms with van der Waals surface area (Å²) in [6.45, 7) is 7.06. The van der Waals surface area contributed by atoms with Crippen LogP contribution in [0.5, 0.6) is 0 Å². The third-order valence-corrected chi connectivity index (χ3v) is 6.35. The minimum absolute atomic E-state index is 0.0545. The van der Waals surface area contributed by atoms with Crippen molar-refractivity contribution in [1.82, 2.24) is 9.80 Å². The summed E-state index contributed by atoms with van der Waals surface area (Å²) in [6, 6.07) is 10.4. The number of aryl methyl sites for hydroxylation is 2. The van der Waals surface area contributed by atoms with E-state index in [1.165, 1.54) is 23.1 Å². The number of nitrogens with zero attached hydrogens (tertiary/aromatic N) is 3. The minimum Gasteiger partial charge on any atom is -0.507 e. The maximum Gasteiger partial charge on any atom is 0.295 e. The molecule has 2 aliphatic rings. The highest BCUT2D eigenvalue weighted by molar-refractivity contribution is 6.46. The predicted octanol–water partition coefficient (Wildman–Crippen LogP) is 2.97. The van der Waals surface area contributed by atoms with Crippen LogP contribution in [0.15, 0.2) is 48.0 Å². The molecule has 1 atom stereocenters. The summed E-state index contributed by atoms with van der Waals surface area (Å²) in [5.41, 5.74) is 2.30. The number of nitro groups is 1. The lowest BCUT2D eigenvalue weighted by Gasteiger charge is -2.31.